The van der Waals surface area contributed by atoms with Gasteiger partial charge in [0.1, 0.15) is 17.6 Å². The molecular formula is C14H9FN2O3. The second-order valence-corrected chi connectivity index (χ2v) is 4.03. The van der Waals surface area contributed by atoms with E-state index in [2.05, 4.69) is 0 Å². The summed E-state index contributed by atoms with van der Waals surface area (Å²) in [6.45, 7) is 1.58. The van der Waals surface area contributed by atoms with E-state index in [9.17, 15) is 14.5 Å². The minimum Gasteiger partial charge on any atom is -0.449 e. The molecule has 0 heterocycles. The molecule has 2 aromatic rings. The Morgan fingerprint density at radius 2 is 2.05 bits per heavy atom. The number of hydrogen-bond donors (Lipinski definition) is 0. The van der Waals surface area contributed by atoms with Crippen LogP contribution in [0.25, 0.3) is 0 Å². The number of aryl methyl sites for hydroxylation is 1. The van der Waals surface area contributed by atoms with Crippen molar-refractivity contribution in [1.29, 1.82) is 5.26 Å². The molecule has 0 radical (unpaired) electrons. The van der Waals surface area contributed by atoms with Crippen molar-refractivity contribution in [2.45, 2.75) is 6.92 Å². The average Bonchev–Trinajstić information content (AvgIpc) is 2.40. The second kappa shape index (κ2) is 5.36. The molecule has 0 aliphatic rings. The molecule has 0 spiro atoms. The Hall–Kier alpha value is -2.94. The molecule has 0 aliphatic heterocycles. The van der Waals surface area contributed by atoms with Gasteiger partial charge in [0.05, 0.1) is 10.5 Å². The zero-order chi connectivity index (χ0) is 14.7. The maximum absolute atomic E-state index is 13.0. The predicted molar refractivity (Wildman–Crippen MR) is 69.0 cm³/mol. The lowest BCUT2D eigenvalue weighted by Gasteiger charge is -2.09. The summed E-state index contributed by atoms with van der Waals surface area (Å²) in [6, 6.07) is 9.80. The van der Waals surface area contributed by atoms with Crippen LogP contribution in [0.1, 0.15) is 11.1 Å². The summed E-state index contributed by atoms with van der Waals surface area (Å²) in [5.41, 5.74) is 0.231. The number of hydrogen-bond acceptors (Lipinski definition) is 4. The van der Waals surface area contributed by atoms with Crippen molar-refractivity contribution < 1.29 is 14.1 Å². The van der Waals surface area contributed by atoms with Gasteiger partial charge in [-0.1, -0.05) is 12.1 Å². The number of para-hydroxylation sites is 1. The molecule has 100 valence electrons. The maximum atomic E-state index is 13.0. The Kier molecular flexibility index (Phi) is 3.62. The molecule has 0 amide bonds. The fourth-order valence-electron chi connectivity index (χ4n) is 1.75. The van der Waals surface area contributed by atoms with Crippen molar-refractivity contribution in [2.24, 2.45) is 0 Å². The first-order valence-electron chi connectivity index (χ1n) is 5.64. The highest BCUT2D eigenvalue weighted by atomic mass is 19.1. The number of nitro groups is 1. The van der Waals surface area contributed by atoms with Crippen LogP contribution in [0.5, 0.6) is 11.5 Å². The van der Waals surface area contributed by atoms with Gasteiger partial charge in [-0.05, 0) is 31.2 Å². The van der Waals surface area contributed by atoms with E-state index < -0.39 is 10.7 Å². The van der Waals surface area contributed by atoms with Gasteiger partial charge in [0.15, 0.2) is 0 Å². The van der Waals surface area contributed by atoms with Gasteiger partial charge in [0.25, 0.3) is 0 Å². The summed E-state index contributed by atoms with van der Waals surface area (Å²) >= 11 is 0. The average molecular weight is 272 g/mol. The maximum Gasteiger partial charge on any atom is 0.314 e. The van der Waals surface area contributed by atoms with Crippen LogP contribution in [0.4, 0.5) is 10.1 Å². The molecule has 0 unspecified atom stereocenters. The number of ether oxygens (including phenoxy) is 1. The Morgan fingerprint density at radius 1 is 1.30 bits per heavy atom. The standard InChI is InChI=1S/C14H9FN2O3/c1-9-3-2-4-13(14(9)17(18)19)20-12-6-5-11(15)7-10(12)8-16/h2-7H,1H3. The number of benzene rings is 2. The first-order valence-corrected chi connectivity index (χ1v) is 5.64. The van der Waals surface area contributed by atoms with Crippen LogP contribution in [0.2, 0.25) is 0 Å². The quantitative estimate of drug-likeness (QED) is 0.630. The van der Waals surface area contributed by atoms with Gasteiger partial charge in [0, 0.05) is 5.56 Å². The van der Waals surface area contributed by atoms with Crippen LogP contribution in [0.3, 0.4) is 0 Å². The van der Waals surface area contributed by atoms with Crippen LogP contribution in [-0.4, -0.2) is 4.92 Å². The molecule has 0 aliphatic carbocycles. The minimum absolute atomic E-state index is 0.0121. The monoisotopic (exact) mass is 272 g/mol. The summed E-state index contributed by atoms with van der Waals surface area (Å²) in [6.07, 6.45) is 0. The molecule has 6 heteroatoms. The lowest BCUT2D eigenvalue weighted by molar-refractivity contribution is -0.386. The summed E-state index contributed by atoms with van der Waals surface area (Å²) in [4.78, 5) is 10.5. The van der Waals surface area contributed by atoms with Crippen molar-refractivity contribution in [1.82, 2.24) is 0 Å². The Morgan fingerprint density at radius 3 is 2.70 bits per heavy atom. The van der Waals surface area contributed by atoms with Gasteiger partial charge in [-0.15, -0.1) is 0 Å². The first-order chi connectivity index (χ1) is 9.52. The van der Waals surface area contributed by atoms with Gasteiger partial charge in [-0.2, -0.15) is 5.26 Å². The van der Waals surface area contributed by atoms with E-state index in [1.165, 1.54) is 12.1 Å². The van der Waals surface area contributed by atoms with Gasteiger partial charge in [-0.3, -0.25) is 10.1 Å². The zero-order valence-corrected chi connectivity index (χ0v) is 10.5. The number of nitriles is 1. The smallest absolute Gasteiger partial charge is 0.314 e. The van der Waals surface area contributed by atoms with E-state index >= 15 is 0 Å². The molecule has 0 bridgehead atoms. The highest BCUT2D eigenvalue weighted by Gasteiger charge is 2.19. The minimum atomic E-state index is -0.576. The normalized spacial score (nSPS) is 9.85. The second-order valence-electron chi connectivity index (χ2n) is 4.03. The molecule has 0 N–H and O–H groups in total. The fourth-order valence-corrected chi connectivity index (χ4v) is 1.75. The fraction of sp³-hybridized carbons (Fsp3) is 0.0714. The van der Waals surface area contributed by atoms with E-state index in [0.29, 0.717) is 5.56 Å². The highest BCUT2D eigenvalue weighted by molar-refractivity contribution is 5.55. The third kappa shape index (κ3) is 2.57. The van der Waals surface area contributed by atoms with E-state index in [0.717, 1.165) is 12.1 Å². The highest BCUT2D eigenvalue weighted by Crippen LogP contribution is 2.35. The van der Waals surface area contributed by atoms with Crippen molar-refractivity contribution in [3.8, 4) is 17.6 Å². The molecule has 0 atom stereocenters. The zero-order valence-electron chi connectivity index (χ0n) is 10.5. The summed E-state index contributed by atoms with van der Waals surface area (Å²) < 4.78 is 18.4. The van der Waals surface area contributed by atoms with E-state index in [1.54, 1.807) is 25.1 Å². The van der Waals surface area contributed by atoms with Crippen molar-refractivity contribution in [2.75, 3.05) is 0 Å². The van der Waals surface area contributed by atoms with Crippen LogP contribution in [0, 0.1) is 34.2 Å². The summed E-state index contributed by atoms with van der Waals surface area (Å²) in [5, 5.41) is 20.0. The Labute approximate surface area is 114 Å². The molecule has 0 fully saturated rings. The number of nitrogens with zero attached hydrogens (tertiary/aromatic N) is 2. The Bertz CT molecular complexity index is 723. The van der Waals surface area contributed by atoms with Crippen LogP contribution in [-0.2, 0) is 0 Å². The van der Waals surface area contributed by atoms with Gasteiger partial charge >= 0.3 is 5.69 Å². The first kappa shape index (κ1) is 13.5. The molecule has 2 rings (SSSR count). The van der Waals surface area contributed by atoms with Crippen LogP contribution < -0.4 is 4.74 Å². The molecule has 0 saturated carbocycles. The predicted octanol–water partition coefficient (Wildman–Crippen LogP) is 3.71. The molecule has 0 aromatic heterocycles. The van der Waals surface area contributed by atoms with Gasteiger partial charge in [-0.25, -0.2) is 4.39 Å². The molecule has 5 nitrogen and oxygen atoms in total. The third-order valence-electron chi connectivity index (χ3n) is 2.67. The SMILES string of the molecule is Cc1cccc(Oc2ccc(F)cc2C#N)c1[N+](=O)[O-]. The largest absolute Gasteiger partial charge is 0.449 e. The summed E-state index contributed by atoms with van der Waals surface area (Å²) in [7, 11) is 0. The molecule has 20 heavy (non-hydrogen) atoms. The topological polar surface area (TPSA) is 76.2 Å². The number of halogens is 1. The van der Waals surface area contributed by atoms with Crippen molar-refractivity contribution >= 4 is 5.69 Å². The van der Waals surface area contributed by atoms with Crippen molar-refractivity contribution in [3.63, 3.8) is 0 Å². The lowest BCUT2D eigenvalue weighted by Crippen LogP contribution is -1.97. The third-order valence-corrected chi connectivity index (χ3v) is 2.67. The number of rotatable bonds is 3. The van der Waals surface area contributed by atoms with Crippen LogP contribution in [0.15, 0.2) is 36.4 Å². The number of nitro benzene ring substituents is 1. The molecule has 0 saturated heterocycles. The van der Waals surface area contributed by atoms with Crippen LogP contribution >= 0.6 is 0 Å². The Balaban J connectivity index is 2.49. The van der Waals surface area contributed by atoms with E-state index in [1.807, 2.05) is 0 Å². The van der Waals surface area contributed by atoms with E-state index in [-0.39, 0.29) is 22.7 Å². The van der Waals surface area contributed by atoms with Gasteiger partial charge in [0.2, 0.25) is 5.75 Å². The summed E-state index contributed by atoms with van der Waals surface area (Å²) in [5.74, 6) is -0.492. The molecule has 2 aromatic carbocycles. The van der Waals surface area contributed by atoms with E-state index in [4.69, 9.17) is 10.00 Å². The molecular weight excluding hydrogens is 263 g/mol. The van der Waals surface area contributed by atoms with Gasteiger partial charge < -0.3 is 4.74 Å². The lowest BCUT2D eigenvalue weighted by atomic mass is 10.2. The van der Waals surface area contributed by atoms with Crippen molar-refractivity contribution in [3.05, 3.63) is 63.5 Å².